The SMILES string of the molecule is Cc1ncc(-c2ccc3cnc(NC(=O)C4CCN(CC5CCO5)C4)cc3c2)n1C. The number of aryl methyl sites for hydroxylation is 1. The van der Waals surface area contributed by atoms with Gasteiger partial charge in [-0.1, -0.05) is 12.1 Å². The number of benzene rings is 1. The maximum absolute atomic E-state index is 12.8. The largest absolute Gasteiger partial charge is 0.377 e. The molecule has 2 aliphatic rings. The molecule has 4 heterocycles. The molecule has 0 radical (unpaired) electrons. The Labute approximate surface area is 176 Å². The van der Waals surface area contributed by atoms with Crippen LogP contribution in [0.4, 0.5) is 5.82 Å². The summed E-state index contributed by atoms with van der Waals surface area (Å²) in [6.45, 7) is 5.55. The lowest BCUT2D eigenvalue weighted by atomic mass is 10.1. The van der Waals surface area contributed by atoms with E-state index in [4.69, 9.17) is 4.74 Å². The molecule has 0 saturated carbocycles. The van der Waals surface area contributed by atoms with Crippen LogP contribution < -0.4 is 5.32 Å². The highest BCUT2D eigenvalue weighted by molar-refractivity contribution is 5.95. The van der Waals surface area contributed by atoms with Gasteiger partial charge in [0.15, 0.2) is 0 Å². The molecule has 0 spiro atoms. The van der Waals surface area contributed by atoms with Gasteiger partial charge in [-0.25, -0.2) is 9.97 Å². The Balaban J connectivity index is 1.29. The van der Waals surface area contributed by atoms with E-state index >= 15 is 0 Å². The van der Waals surface area contributed by atoms with Crippen LogP contribution in [0.1, 0.15) is 18.7 Å². The number of hydrogen-bond acceptors (Lipinski definition) is 5. The standard InChI is InChI=1S/C23H27N5O2/c1-15-24-12-21(27(15)2)16-3-4-17-11-25-22(10-19(17)9-16)26-23(29)18-5-7-28(13-18)14-20-6-8-30-20/h3-4,9-12,18,20H,5-8,13-14H2,1-2H3,(H,25,26,29). The first-order valence-corrected chi connectivity index (χ1v) is 10.6. The van der Waals surface area contributed by atoms with Crippen LogP contribution in [0.2, 0.25) is 0 Å². The minimum atomic E-state index is 0.00586. The summed E-state index contributed by atoms with van der Waals surface area (Å²) in [5.41, 5.74) is 2.16. The predicted octanol–water partition coefficient (Wildman–Crippen LogP) is 2.99. The molecule has 156 valence electrons. The summed E-state index contributed by atoms with van der Waals surface area (Å²) < 4.78 is 7.59. The third kappa shape index (κ3) is 3.70. The molecule has 2 aliphatic heterocycles. The number of imidazole rings is 1. The van der Waals surface area contributed by atoms with Crippen molar-refractivity contribution < 1.29 is 9.53 Å². The average Bonchev–Trinajstić information content (AvgIpc) is 3.31. The quantitative estimate of drug-likeness (QED) is 0.707. The fourth-order valence-corrected chi connectivity index (χ4v) is 4.30. The maximum atomic E-state index is 12.8. The van der Waals surface area contributed by atoms with Gasteiger partial charge in [0.05, 0.1) is 23.9 Å². The molecule has 2 unspecified atom stereocenters. The summed E-state index contributed by atoms with van der Waals surface area (Å²) >= 11 is 0. The van der Waals surface area contributed by atoms with Gasteiger partial charge in [-0.2, -0.15) is 0 Å². The summed E-state index contributed by atoms with van der Waals surface area (Å²) in [7, 11) is 2.02. The number of anilines is 1. The molecule has 5 rings (SSSR count). The van der Waals surface area contributed by atoms with E-state index in [1.165, 1.54) is 0 Å². The molecule has 2 aromatic heterocycles. The molecule has 7 heteroatoms. The number of hydrogen-bond donors (Lipinski definition) is 1. The number of pyridine rings is 1. The smallest absolute Gasteiger partial charge is 0.229 e. The van der Waals surface area contributed by atoms with Gasteiger partial charge >= 0.3 is 0 Å². The van der Waals surface area contributed by atoms with E-state index in [0.717, 1.165) is 66.9 Å². The third-order valence-corrected chi connectivity index (χ3v) is 6.39. The molecule has 1 N–H and O–H groups in total. The second kappa shape index (κ2) is 7.81. The Hall–Kier alpha value is -2.77. The van der Waals surface area contributed by atoms with Crippen LogP contribution in [0.3, 0.4) is 0 Å². The molecule has 2 saturated heterocycles. The molecule has 0 bridgehead atoms. The molecule has 7 nitrogen and oxygen atoms in total. The molecule has 30 heavy (non-hydrogen) atoms. The summed E-state index contributed by atoms with van der Waals surface area (Å²) in [5.74, 6) is 1.64. The lowest BCUT2D eigenvalue weighted by Crippen LogP contribution is -2.39. The Kier molecular flexibility index (Phi) is 5.00. The maximum Gasteiger partial charge on any atom is 0.229 e. The van der Waals surface area contributed by atoms with Crippen molar-refractivity contribution in [2.24, 2.45) is 13.0 Å². The van der Waals surface area contributed by atoms with Crippen LogP contribution in [0, 0.1) is 12.8 Å². The van der Waals surface area contributed by atoms with Gasteiger partial charge in [-0.3, -0.25) is 9.69 Å². The first-order chi connectivity index (χ1) is 14.6. The van der Waals surface area contributed by atoms with Crippen LogP contribution >= 0.6 is 0 Å². The minimum Gasteiger partial charge on any atom is -0.377 e. The van der Waals surface area contributed by atoms with Crippen LogP contribution in [0.15, 0.2) is 36.7 Å². The number of aromatic nitrogens is 3. The van der Waals surface area contributed by atoms with Gasteiger partial charge in [-0.15, -0.1) is 0 Å². The van der Waals surface area contributed by atoms with E-state index in [1.54, 1.807) is 0 Å². The van der Waals surface area contributed by atoms with E-state index < -0.39 is 0 Å². The van der Waals surface area contributed by atoms with Crippen LogP contribution in [-0.2, 0) is 16.6 Å². The number of nitrogens with zero attached hydrogens (tertiary/aromatic N) is 4. The monoisotopic (exact) mass is 405 g/mol. The van der Waals surface area contributed by atoms with E-state index in [2.05, 4.69) is 43.0 Å². The van der Waals surface area contributed by atoms with Gasteiger partial charge < -0.3 is 14.6 Å². The first-order valence-electron chi connectivity index (χ1n) is 10.6. The number of fused-ring (bicyclic) bond motifs is 1. The van der Waals surface area contributed by atoms with Gasteiger partial charge in [0.2, 0.25) is 5.91 Å². The predicted molar refractivity (Wildman–Crippen MR) is 116 cm³/mol. The second-order valence-electron chi connectivity index (χ2n) is 8.40. The zero-order chi connectivity index (χ0) is 20.7. The van der Waals surface area contributed by atoms with Crippen molar-refractivity contribution in [1.82, 2.24) is 19.4 Å². The molecule has 1 aromatic carbocycles. The topological polar surface area (TPSA) is 72.3 Å². The van der Waals surface area contributed by atoms with Gasteiger partial charge in [0.1, 0.15) is 11.6 Å². The number of ether oxygens (including phenoxy) is 1. The molecular formula is C23H27N5O2. The number of rotatable bonds is 5. The van der Waals surface area contributed by atoms with Crippen molar-refractivity contribution in [3.05, 3.63) is 42.5 Å². The Morgan fingerprint density at radius 1 is 1.20 bits per heavy atom. The number of likely N-dealkylation sites (tertiary alicyclic amines) is 1. The minimum absolute atomic E-state index is 0.00586. The Morgan fingerprint density at radius 3 is 2.80 bits per heavy atom. The zero-order valence-electron chi connectivity index (χ0n) is 17.5. The van der Waals surface area contributed by atoms with E-state index in [-0.39, 0.29) is 11.8 Å². The average molecular weight is 406 g/mol. The number of amides is 1. The van der Waals surface area contributed by atoms with Crippen LogP contribution in [0.5, 0.6) is 0 Å². The molecule has 3 aromatic rings. The van der Waals surface area contributed by atoms with Crippen molar-refractivity contribution in [1.29, 1.82) is 0 Å². The zero-order valence-corrected chi connectivity index (χ0v) is 17.5. The normalized spacial score (nSPS) is 21.7. The summed E-state index contributed by atoms with van der Waals surface area (Å²) in [4.78, 5) is 24.0. The van der Waals surface area contributed by atoms with E-state index in [1.807, 2.05) is 32.4 Å². The summed E-state index contributed by atoms with van der Waals surface area (Å²) in [6, 6.07) is 8.22. The second-order valence-corrected chi connectivity index (χ2v) is 8.40. The molecule has 1 amide bonds. The van der Waals surface area contributed by atoms with E-state index in [9.17, 15) is 4.79 Å². The number of carbonyl (C=O) groups excluding carboxylic acids is 1. The van der Waals surface area contributed by atoms with Crippen molar-refractivity contribution >= 4 is 22.5 Å². The van der Waals surface area contributed by atoms with Gasteiger partial charge in [-0.05, 0) is 43.8 Å². The molecule has 2 atom stereocenters. The third-order valence-electron chi connectivity index (χ3n) is 6.39. The van der Waals surface area contributed by atoms with Gasteiger partial charge in [0.25, 0.3) is 0 Å². The highest BCUT2D eigenvalue weighted by atomic mass is 16.5. The fourth-order valence-electron chi connectivity index (χ4n) is 4.30. The molecule has 2 fully saturated rings. The lowest BCUT2D eigenvalue weighted by Gasteiger charge is -2.30. The van der Waals surface area contributed by atoms with Crippen molar-refractivity contribution in [2.75, 3.05) is 31.6 Å². The first kappa shape index (κ1) is 19.2. The highest BCUT2D eigenvalue weighted by Crippen LogP contribution is 2.26. The summed E-state index contributed by atoms with van der Waals surface area (Å²) in [6.07, 6.45) is 6.08. The molecule has 0 aliphatic carbocycles. The van der Waals surface area contributed by atoms with Gasteiger partial charge in [0, 0.05) is 43.9 Å². The Morgan fingerprint density at radius 2 is 2.07 bits per heavy atom. The highest BCUT2D eigenvalue weighted by Gasteiger charge is 2.31. The fraction of sp³-hybridized carbons (Fsp3) is 0.435. The van der Waals surface area contributed by atoms with E-state index in [0.29, 0.717) is 11.9 Å². The van der Waals surface area contributed by atoms with Crippen LogP contribution in [0.25, 0.3) is 22.0 Å². The number of nitrogens with one attached hydrogen (secondary N) is 1. The number of carbonyl (C=O) groups is 1. The lowest BCUT2D eigenvalue weighted by molar-refractivity contribution is -0.119. The molecular weight excluding hydrogens is 378 g/mol. The Bertz CT molecular complexity index is 1090. The summed E-state index contributed by atoms with van der Waals surface area (Å²) in [5, 5.41) is 5.12. The van der Waals surface area contributed by atoms with Crippen molar-refractivity contribution in [3.8, 4) is 11.3 Å². The van der Waals surface area contributed by atoms with Crippen molar-refractivity contribution in [2.45, 2.75) is 25.9 Å². The van der Waals surface area contributed by atoms with Crippen molar-refractivity contribution in [3.63, 3.8) is 0 Å². The van der Waals surface area contributed by atoms with Crippen LogP contribution in [-0.4, -0.2) is 57.7 Å².